The molecule has 0 atom stereocenters. The van der Waals surface area contributed by atoms with Crippen molar-refractivity contribution in [3.05, 3.63) is 35.1 Å². The summed E-state index contributed by atoms with van der Waals surface area (Å²) in [5.74, 6) is -0.233. The minimum atomic E-state index is -0.233. The van der Waals surface area contributed by atoms with Crippen LogP contribution in [-0.2, 0) is 11.3 Å². The van der Waals surface area contributed by atoms with Crippen molar-refractivity contribution < 1.29 is 9.13 Å². The van der Waals surface area contributed by atoms with Crippen molar-refractivity contribution >= 4 is 0 Å². The number of nitriles is 1. The highest BCUT2D eigenvalue weighted by Crippen LogP contribution is 2.18. The lowest BCUT2D eigenvalue weighted by molar-refractivity contribution is 0.0386. The summed E-state index contributed by atoms with van der Waals surface area (Å²) in [6.45, 7) is 2.39. The number of halogens is 1. The molecule has 0 spiro atoms. The molecule has 18 heavy (non-hydrogen) atoms. The number of rotatable bonds is 3. The summed E-state index contributed by atoms with van der Waals surface area (Å²) in [6, 6.07) is 6.56. The zero-order chi connectivity index (χ0) is 13.0. The summed E-state index contributed by atoms with van der Waals surface area (Å²) in [5.41, 5.74) is 1.11. The highest BCUT2D eigenvalue weighted by molar-refractivity contribution is 5.33. The van der Waals surface area contributed by atoms with Crippen molar-refractivity contribution in [1.82, 2.24) is 4.90 Å². The number of benzene rings is 1. The van der Waals surface area contributed by atoms with Gasteiger partial charge in [0.15, 0.2) is 0 Å². The molecule has 1 fully saturated rings. The first kappa shape index (κ1) is 13.0. The Kier molecular flexibility index (Phi) is 4.29. The highest BCUT2D eigenvalue weighted by atomic mass is 19.1. The highest BCUT2D eigenvalue weighted by Gasteiger charge is 2.19. The van der Waals surface area contributed by atoms with Crippen molar-refractivity contribution in [3.63, 3.8) is 0 Å². The van der Waals surface area contributed by atoms with Gasteiger partial charge < -0.3 is 4.74 Å². The third-order valence-electron chi connectivity index (χ3n) is 3.44. The SMILES string of the molecule is COC1CCN(Cc2cc(C#N)ccc2F)CC1. The fourth-order valence-corrected chi connectivity index (χ4v) is 2.31. The quantitative estimate of drug-likeness (QED) is 0.823. The molecule has 4 heteroatoms. The Balaban J connectivity index is 2.00. The van der Waals surface area contributed by atoms with Crippen molar-refractivity contribution in [2.75, 3.05) is 20.2 Å². The van der Waals surface area contributed by atoms with E-state index in [1.165, 1.54) is 12.1 Å². The number of nitrogens with zero attached hydrogens (tertiary/aromatic N) is 2. The molecule has 0 aromatic heterocycles. The van der Waals surface area contributed by atoms with Gasteiger partial charge in [-0.1, -0.05) is 0 Å². The van der Waals surface area contributed by atoms with Crippen LogP contribution in [0.2, 0.25) is 0 Å². The predicted octanol–water partition coefficient (Wildman–Crippen LogP) is 2.31. The monoisotopic (exact) mass is 248 g/mol. The van der Waals surface area contributed by atoms with Gasteiger partial charge in [-0.3, -0.25) is 4.90 Å². The number of piperidine rings is 1. The van der Waals surface area contributed by atoms with Gasteiger partial charge in [0, 0.05) is 32.3 Å². The fourth-order valence-electron chi connectivity index (χ4n) is 2.31. The molecule has 1 heterocycles. The molecule has 0 aliphatic carbocycles. The third-order valence-corrected chi connectivity index (χ3v) is 3.44. The molecule has 3 nitrogen and oxygen atoms in total. The molecule has 1 saturated heterocycles. The van der Waals surface area contributed by atoms with Crippen LogP contribution in [0, 0.1) is 17.1 Å². The van der Waals surface area contributed by atoms with Crippen LogP contribution in [0.4, 0.5) is 4.39 Å². The Morgan fingerprint density at radius 3 is 2.78 bits per heavy atom. The average Bonchev–Trinajstić information content (AvgIpc) is 2.42. The van der Waals surface area contributed by atoms with Gasteiger partial charge in [-0.05, 0) is 31.0 Å². The van der Waals surface area contributed by atoms with Crippen molar-refractivity contribution in [3.8, 4) is 6.07 Å². The Bertz CT molecular complexity index is 448. The number of ether oxygens (including phenoxy) is 1. The average molecular weight is 248 g/mol. The normalized spacial score (nSPS) is 17.6. The van der Waals surface area contributed by atoms with E-state index in [1.807, 2.05) is 6.07 Å². The predicted molar refractivity (Wildman–Crippen MR) is 66.4 cm³/mol. The lowest BCUT2D eigenvalue weighted by Gasteiger charge is -2.31. The van der Waals surface area contributed by atoms with E-state index in [4.69, 9.17) is 10.00 Å². The van der Waals surface area contributed by atoms with Crippen molar-refractivity contribution in [1.29, 1.82) is 5.26 Å². The van der Waals surface area contributed by atoms with E-state index in [-0.39, 0.29) is 5.82 Å². The molecule has 1 aliphatic rings. The molecule has 1 aromatic rings. The first-order valence-electron chi connectivity index (χ1n) is 6.16. The Morgan fingerprint density at radius 2 is 2.17 bits per heavy atom. The van der Waals surface area contributed by atoms with E-state index in [1.54, 1.807) is 13.2 Å². The summed E-state index contributed by atoms with van der Waals surface area (Å²) >= 11 is 0. The van der Waals surface area contributed by atoms with Crippen LogP contribution in [0.3, 0.4) is 0 Å². The summed E-state index contributed by atoms with van der Waals surface area (Å²) < 4.78 is 18.9. The van der Waals surface area contributed by atoms with Gasteiger partial charge in [0.05, 0.1) is 17.7 Å². The second-order valence-corrected chi connectivity index (χ2v) is 4.63. The molecule has 96 valence electrons. The molecule has 0 radical (unpaired) electrons. The molecule has 0 amide bonds. The molecule has 1 aliphatic heterocycles. The first-order valence-corrected chi connectivity index (χ1v) is 6.16. The molecular weight excluding hydrogens is 231 g/mol. The van der Waals surface area contributed by atoms with E-state index < -0.39 is 0 Å². The lowest BCUT2D eigenvalue weighted by Crippen LogP contribution is -2.36. The maximum absolute atomic E-state index is 13.6. The van der Waals surface area contributed by atoms with E-state index in [2.05, 4.69) is 4.90 Å². The minimum absolute atomic E-state index is 0.233. The number of likely N-dealkylation sites (tertiary alicyclic amines) is 1. The molecule has 0 saturated carbocycles. The Labute approximate surface area is 107 Å². The summed E-state index contributed by atoms with van der Waals surface area (Å²) in [7, 11) is 1.73. The number of hydrogen-bond acceptors (Lipinski definition) is 3. The zero-order valence-corrected chi connectivity index (χ0v) is 10.5. The molecule has 0 N–H and O–H groups in total. The number of hydrogen-bond donors (Lipinski definition) is 0. The standard InChI is InChI=1S/C14H17FN2O/c1-18-13-4-6-17(7-5-13)10-12-8-11(9-16)2-3-14(12)15/h2-3,8,13H,4-7,10H2,1H3. The minimum Gasteiger partial charge on any atom is -0.381 e. The summed E-state index contributed by atoms with van der Waals surface area (Å²) in [6.07, 6.45) is 2.29. The van der Waals surface area contributed by atoms with Gasteiger partial charge in [-0.25, -0.2) is 4.39 Å². The molecule has 0 unspecified atom stereocenters. The van der Waals surface area contributed by atoms with E-state index in [0.717, 1.165) is 25.9 Å². The third kappa shape index (κ3) is 3.06. The topological polar surface area (TPSA) is 36.3 Å². The van der Waals surface area contributed by atoms with Crippen LogP contribution < -0.4 is 0 Å². The maximum atomic E-state index is 13.6. The second kappa shape index (κ2) is 5.94. The molecular formula is C14H17FN2O. The van der Waals surface area contributed by atoms with Crippen molar-refractivity contribution in [2.45, 2.75) is 25.5 Å². The summed E-state index contributed by atoms with van der Waals surface area (Å²) in [4.78, 5) is 2.20. The van der Waals surface area contributed by atoms with Gasteiger partial charge in [0.2, 0.25) is 0 Å². The fraction of sp³-hybridized carbons (Fsp3) is 0.500. The van der Waals surface area contributed by atoms with Crippen molar-refractivity contribution in [2.24, 2.45) is 0 Å². The first-order chi connectivity index (χ1) is 8.72. The van der Waals surface area contributed by atoms with Gasteiger partial charge in [-0.15, -0.1) is 0 Å². The van der Waals surface area contributed by atoms with Crippen LogP contribution in [0.1, 0.15) is 24.0 Å². The Morgan fingerprint density at radius 1 is 1.44 bits per heavy atom. The van der Waals surface area contributed by atoms with E-state index in [0.29, 0.717) is 23.8 Å². The smallest absolute Gasteiger partial charge is 0.127 e. The lowest BCUT2D eigenvalue weighted by atomic mass is 10.1. The summed E-state index contributed by atoms with van der Waals surface area (Å²) in [5, 5.41) is 8.82. The van der Waals surface area contributed by atoms with Gasteiger partial charge in [-0.2, -0.15) is 5.26 Å². The van der Waals surface area contributed by atoms with Crippen LogP contribution in [0.15, 0.2) is 18.2 Å². The largest absolute Gasteiger partial charge is 0.381 e. The maximum Gasteiger partial charge on any atom is 0.127 e. The van der Waals surface area contributed by atoms with Gasteiger partial charge >= 0.3 is 0 Å². The van der Waals surface area contributed by atoms with E-state index >= 15 is 0 Å². The zero-order valence-electron chi connectivity index (χ0n) is 10.5. The van der Waals surface area contributed by atoms with Crippen LogP contribution in [-0.4, -0.2) is 31.2 Å². The molecule has 1 aromatic carbocycles. The molecule has 0 bridgehead atoms. The van der Waals surface area contributed by atoms with E-state index in [9.17, 15) is 4.39 Å². The van der Waals surface area contributed by atoms with Gasteiger partial charge in [0.25, 0.3) is 0 Å². The Hall–Kier alpha value is -1.44. The molecule has 2 rings (SSSR count). The second-order valence-electron chi connectivity index (χ2n) is 4.63. The van der Waals surface area contributed by atoms with Crippen LogP contribution in [0.5, 0.6) is 0 Å². The van der Waals surface area contributed by atoms with Crippen LogP contribution >= 0.6 is 0 Å². The van der Waals surface area contributed by atoms with Crippen LogP contribution in [0.25, 0.3) is 0 Å². The number of methoxy groups -OCH3 is 1. The van der Waals surface area contributed by atoms with Gasteiger partial charge in [0.1, 0.15) is 5.82 Å².